The van der Waals surface area contributed by atoms with Crippen molar-refractivity contribution in [2.45, 2.75) is 84.3 Å². The SMILES string of the molecule is Cc1cccc(CN(C(=O)CN(c2ccccc2C(C)C)S(C)(=O)=O)[C@@H](C)C(=O)NC2CCCCC2)c1. The predicted octanol–water partition coefficient (Wildman–Crippen LogP) is 4.75. The fraction of sp³-hybridized carbons (Fsp3) is 0.517. The molecule has 1 N–H and O–H groups in total. The predicted molar refractivity (Wildman–Crippen MR) is 149 cm³/mol. The minimum atomic E-state index is -3.77. The molecule has 1 atom stereocenters. The molecule has 0 spiro atoms. The number of aryl methyl sites for hydroxylation is 1. The van der Waals surface area contributed by atoms with Crippen LogP contribution in [0, 0.1) is 6.92 Å². The van der Waals surface area contributed by atoms with Crippen LogP contribution in [0.1, 0.15) is 75.5 Å². The van der Waals surface area contributed by atoms with Crippen LogP contribution in [-0.2, 0) is 26.2 Å². The molecule has 2 amide bonds. The molecule has 2 aromatic carbocycles. The first-order valence-corrected chi connectivity index (χ1v) is 15.0. The average Bonchev–Trinajstić information content (AvgIpc) is 2.85. The molecule has 0 aliphatic heterocycles. The van der Waals surface area contributed by atoms with Crippen LogP contribution in [0.4, 0.5) is 5.69 Å². The Labute approximate surface area is 222 Å². The summed E-state index contributed by atoms with van der Waals surface area (Å²) in [4.78, 5) is 28.6. The molecule has 8 heteroatoms. The lowest BCUT2D eigenvalue weighted by Crippen LogP contribution is -2.53. The Morgan fingerprint density at radius 3 is 2.30 bits per heavy atom. The molecular formula is C29H41N3O4S. The normalized spacial score (nSPS) is 15.3. The van der Waals surface area contributed by atoms with Crippen molar-refractivity contribution < 1.29 is 18.0 Å². The number of rotatable bonds is 10. The fourth-order valence-corrected chi connectivity index (χ4v) is 5.82. The Balaban J connectivity index is 1.92. The van der Waals surface area contributed by atoms with Gasteiger partial charge < -0.3 is 10.2 Å². The van der Waals surface area contributed by atoms with E-state index >= 15 is 0 Å². The van der Waals surface area contributed by atoms with Gasteiger partial charge >= 0.3 is 0 Å². The van der Waals surface area contributed by atoms with Crippen molar-refractivity contribution in [3.05, 3.63) is 65.2 Å². The van der Waals surface area contributed by atoms with Crippen molar-refractivity contribution in [1.29, 1.82) is 0 Å². The highest BCUT2D eigenvalue weighted by molar-refractivity contribution is 7.92. The Morgan fingerprint density at radius 1 is 1.00 bits per heavy atom. The van der Waals surface area contributed by atoms with Gasteiger partial charge in [0.05, 0.1) is 11.9 Å². The van der Waals surface area contributed by atoms with Crippen molar-refractivity contribution in [2.75, 3.05) is 17.1 Å². The Morgan fingerprint density at radius 2 is 1.68 bits per heavy atom. The Bertz CT molecular complexity index is 1190. The van der Waals surface area contributed by atoms with E-state index in [1.807, 2.05) is 57.2 Å². The number of para-hydroxylation sites is 1. The molecule has 0 saturated heterocycles. The number of anilines is 1. The number of carbonyl (C=O) groups excluding carboxylic acids is 2. The molecule has 202 valence electrons. The van der Waals surface area contributed by atoms with E-state index < -0.39 is 22.0 Å². The van der Waals surface area contributed by atoms with Gasteiger partial charge in [0, 0.05) is 12.6 Å². The number of amides is 2. The maximum Gasteiger partial charge on any atom is 0.244 e. The maximum absolute atomic E-state index is 13.8. The summed E-state index contributed by atoms with van der Waals surface area (Å²) in [5, 5.41) is 3.13. The third-order valence-corrected chi connectivity index (χ3v) is 8.19. The molecule has 1 aliphatic carbocycles. The van der Waals surface area contributed by atoms with Crippen molar-refractivity contribution in [1.82, 2.24) is 10.2 Å². The minimum absolute atomic E-state index is 0.0687. The van der Waals surface area contributed by atoms with Gasteiger partial charge in [-0.15, -0.1) is 0 Å². The standard InChI is InChI=1S/C29H41N3O4S/c1-21(2)26-16-9-10-17-27(26)32(37(5,35)36)20-28(33)31(19-24-13-11-12-22(3)18-24)23(4)29(34)30-25-14-7-6-8-15-25/h9-13,16-18,21,23,25H,6-8,14-15,19-20H2,1-5H3,(H,30,34)/t23-/m0/s1. The van der Waals surface area contributed by atoms with Gasteiger partial charge in [-0.25, -0.2) is 8.42 Å². The van der Waals surface area contributed by atoms with E-state index in [0.717, 1.165) is 48.6 Å². The van der Waals surface area contributed by atoms with Gasteiger partial charge in [0.15, 0.2) is 0 Å². The molecule has 2 aromatic rings. The van der Waals surface area contributed by atoms with Crippen LogP contribution < -0.4 is 9.62 Å². The van der Waals surface area contributed by atoms with E-state index in [9.17, 15) is 18.0 Å². The third-order valence-electron chi connectivity index (χ3n) is 7.06. The zero-order valence-electron chi connectivity index (χ0n) is 22.7. The number of nitrogens with one attached hydrogen (secondary N) is 1. The topological polar surface area (TPSA) is 86.8 Å². The summed E-state index contributed by atoms with van der Waals surface area (Å²) in [7, 11) is -3.77. The Kier molecular flexibility index (Phi) is 9.76. The molecule has 0 radical (unpaired) electrons. The Hall–Kier alpha value is -2.87. The molecular weight excluding hydrogens is 486 g/mol. The third kappa shape index (κ3) is 7.81. The van der Waals surface area contributed by atoms with E-state index in [1.54, 1.807) is 19.1 Å². The summed E-state index contributed by atoms with van der Waals surface area (Å²) in [6.45, 7) is 7.51. The zero-order valence-corrected chi connectivity index (χ0v) is 23.6. The number of benzene rings is 2. The summed E-state index contributed by atoms with van der Waals surface area (Å²) in [6, 6.07) is 14.4. The maximum atomic E-state index is 13.8. The van der Waals surface area contributed by atoms with E-state index in [-0.39, 0.29) is 31.0 Å². The molecule has 3 rings (SSSR count). The number of hydrogen-bond acceptors (Lipinski definition) is 4. The van der Waals surface area contributed by atoms with E-state index in [0.29, 0.717) is 5.69 Å². The van der Waals surface area contributed by atoms with Crippen LogP contribution in [-0.4, -0.2) is 50.0 Å². The van der Waals surface area contributed by atoms with Crippen LogP contribution in [0.2, 0.25) is 0 Å². The minimum Gasteiger partial charge on any atom is -0.352 e. The van der Waals surface area contributed by atoms with Gasteiger partial charge in [0.2, 0.25) is 21.8 Å². The van der Waals surface area contributed by atoms with Crippen molar-refractivity contribution in [2.24, 2.45) is 0 Å². The molecule has 37 heavy (non-hydrogen) atoms. The zero-order chi connectivity index (χ0) is 27.2. The molecule has 7 nitrogen and oxygen atoms in total. The molecule has 1 fully saturated rings. The fourth-order valence-electron chi connectivity index (χ4n) is 4.96. The van der Waals surface area contributed by atoms with Crippen LogP contribution >= 0.6 is 0 Å². The summed E-state index contributed by atoms with van der Waals surface area (Å²) < 4.78 is 27.0. The van der Waals surface area contributed by atoms with E-state index in [1.165, 1.54) is 15.6 Å². The summed E-state index contributed by atoms with van der Waals surface area (Å²) in [5.74, 6) is -0.558. The number of sulfonamides is 1. The quantitative estimate of drug-likeness (QED) is 0.483. The first kappa shape index (κ1) is 28.7. The highest BCUT2D eigenvalue weighted by Gasteiger charge is 2.32. The van der Waals surface area contributed by atoms with Gasteiger partial charge in [-0.2, -0.15) is 0 Å². The number of nitrogens with zero attached hydrogens (tertiary/aromatic N) is 2. The largest absolute Gasteiger partial charge is 0.352 e. The molecule has 1 saturated carbocycles. The van der Waals surface area contributed by atoms with Gasteiger partial charge in [0.1, 0.15) is 12.6 Å². The first-order chi connectivity index (χ1) is 17.5. The molecule has 0 heterocycles. The summed E-state index contributed by atoms with van der Waals surface area (Å²) >= 11 is 0. The lowest BCUT2D eigenvalue weighted by Gasteiger charge is -2.33. The molecule has 1 aliphatic rings. The van der Waals surface area contributed by atoms with Crippen molar-refractivity contribution in [3.63, 3.8) is 0 Å². The van der Waals surface area contributed by atoms with Crippen LogP contribution in [0.5, 0.6) is 0 Å². The molecule has 0 unspecified atom stereocenters. The van der Waals surface area contributed by atoms with Crippen LogP contribution in [0.25, 0.3) is 0 Å². The van der Waals surface area contributed by atoms with Crippen LogP contribution in [0.3, 0.4) is 0 Å². The first-order valence-electron chi connectivity index (χ1n) is 13.2. The second-order valence-corrected chi connectivity index (χ2v) is 12.4. The number of carbonyl (C=O) groups is 2. The lowest BCUT2D eigenvalue weighted by atomic mass is 9.95. The summed E-state index contributed by atoms with van der Waals surface area (Å²) in [5.41, 5.74) is 3.27. The second kappa shape index (κ2) is 12.6. The van der Waals surface area contributed by atoms with Crippen molar-refractivity contribution in [3.8, 4) is 0 Å². The van der Waals surface area contributed by atoms with Gasteiger partial charge in [-0.05, 0) is 49.8 Å². The van der Waals surface area contributed by atoms with Gasteiger partial charge in [0.25, 0.3) is 0 Å². The lowest BCUT2D eigenvalue weighted by molar-refractivity contribution is -0.139. The average molecular weight is 528 g/mol. The highest BCUT2D eigenvalue weighted by Crippen LogP contribution is 2.29. The molecule has 0 bridgehead atoms. The monoisotopic (exact) mass is 527 g/mol. The second-order valence-electron chi connectivity index (χ2n) is 10.5. The number of hydrogen-bond donors (Lipinski definition) is 1. The highest BCUT2D eigenvalue weighted by atomic mass is 32.2. The van der Waals surface area contributed by atoms with Crippen molar-refractivity contribution >= 4 is 27.5 Å². The van der Waals surface area contributed by atoms with E-state index in [2.05, 4.69) is 5.32 Å². The smallest absolute Gasteiger partial charge is 0.244 e. The van der Waals surface area contributed by atoms with Crippen LogP contribution in [0.15, 0.2) is 48.5 Å². The molecule has 0 aromatic heterocycles. The van der Waals surface area contributed by atoms with Gasteiger partial charge in [-0.1, -0.05) is 81.1 Å². The van der Waals surface area contributed by atoms with Gasteiger partial charge in [-0.3, -0.25) is 13.9 Å². The van der Waals surface area contributed by atoms with E-state index in [4.69, 9.17) is 0 Å². The summed E-state index contributed by atoms with van der Waals surface area (Å²) in [6.07, 6.45) is 6.35.